The molecule has 190 valence electrons. The number of hydrogen-bond acceptors (Lipinski definition) is 1. The smallest absolute Gasteiger partial charge is 0.0640 e. The summed E-state index contributed by atoms with van der Waals surface area (Å²) in [6.45, 7) is 0. The van der Waals surface area contributed by atoms with E-state index in [1.54, 1.807) is 0 Å². The standard InChI is InChI=1S/C38H22N2S/c1-2-12-26-24(10-1)25-11-3-6-16-31(25)40-34-22-30-27-13-4-7-17-32(27)39(36(30)21-23(34)20-35(26)40)33-18-9-15-29-28-14-5-8-19-37(28)41-38(29)33/h1-22H. The first-order chi connectivity index (χ1) is 20.3. The van der Waals surface area contributed by atoms with Gasteiger partial charge in [0.2, 0.25) is 0 Å². The average molecular weight is 539 g/mol. The van der Waals surface area contributed by atoms with Gasteiger partial charge < -0.3 is 8.97 Å². The zero-order valence-corrected chi connectivity index (χ0v) is 22.8. The summed E-state index contributed by atoms with van der Waals surface area (Å²) in [4.78, 5) is 0. The van der Waals surface area contributed by atoms with Gasteiger partial charge in [0.15, 0.2) is 0 Å². The van der Waals surface area contributed by atoms with Crippen LogP contribution < -0.4 is 0 Å². The summed E-state index contributed by atoms with van der Waals surface area (Å²) in [5, 5.41) is 10.3. The van der Waals surface area contributed by atoms with Crippen LogP contribution in [-0.2, 0) is 0 Å². The Labute approximate surface area is 238 Å². The number of aromatic nitrogens is 2. The number of rotatable bonds is 1. The highest BCUT2D eigenvalue weighted by molar-refractivity contribution is 7.26. The van der Waals surface area contributed by atoms with E-state index in [1.165, 1.54) is 85.8 Å². The maximum atomic E-state index is 2.49. The summed E-state index contributed by atoms with van der Waals surface area (Å²) in [6, 6.07) is 49.2. The molecule has 10 aromatic rings. The highest BCUT2D eigenvalue weighted by atomic mass is 32.1. The molecule has 0 aliphatic rings. The Morgan fingerprint density at radius 3 is 1.83 bits per heavy atom. The molecule has 4 aromatic heterocycles. The lowest BCUT2D eigenvalue weighted by molar-refractivity contribution is 1.20. The van der Waals surface area contributed by atoms with Gasteiger partial charge in [-0.15, -0.1) is 11.3 Å². The average Bonchev–Trinajstić information content (AvgIpc) is 3.70. The summed E-state index contributed by atoms with van der Waals surface area (Å²) in [5.74, 6) is 0. The fourth-order valence-electron chi connectivity index (χ4n) is 7.13. The molecule has 0 amide bonds. The van der Waals surface area contributed by atoms with Gasteiger partial charge in [-0.3, -0.25) is 0 Å². The minimum atomic E-state index is 1.24. The first kappa shape index (κ1) is 21.7. The number of thiophene rings is 1. The molecule has 0 N–H and O–H groups in total. The summed E-state index contributed by atoms with van der Waals surface area (Å²) in [7, 11) is 0. The first-order valence-electron chi connectivity index (χ1n) is 14.0. The van der Waals surface area contributed by atoms with E-state index in [9.17, 15) is 0 Å². The normalized spacial score (nSPS) is 12.4. The molecule has 0 aliphatic heterocycles. The summed E-state index contributed by atoms with van der Waals surface area (Å²) in [6.07, 6.45) is 0. The monoisotopic (exact) mass is 538 g/mol. The van der Waals surface area contributed by atoms with Gasteiger partial charge in [0.05, 0.1) is 38.0 Å². The van der Waals surface area contributed by atoms with Crippen LogP contribution in [-0.4, -0.2) is 8.97 Å². The molecule has 0 fully saturated rings. The number of benzene rings is 6. The Kier molecular flexibility index (Phi) is 4.10. The molecular weight excluding hydrogens is 516 g/mol. The fourth-order valence-corrected chi connectivity index (χ4v) is 8.34. The van der Waals surface area contributed by atoms with Crippen molar-refractivity contribution in [2.45, 2.75) is 0 Å². The quantitative estimate of drug-likeness (QED) is 0.184. The second kappa shape index (κ2) is 7.75. The molecule has 10 rings (SSSR count). The molecule has 2 nitrogen and oxygen atoms in total. The highest BCUT2D eigenvalue weighted by Gasteiger charge is 2.19. The Hall–Kier alpha value is -5.12. The second-order valence-electron chi connectivity index (χ2n) is 11.0. The van der Waals surface area contributed by atoms with Gasteiger partial charge in [-0.1, -0.05) is 91.0 Å². The molecule has 0 radical (unpaired) electrons. The SMILES string of the molecule is c1ccc2c(c1)sc1c(-n3c4ccccc4c4cc5c(cc43)cc3c4ccccc4c4ccccc4n53)cccc12. The molecular formula is C38H22N2S. The Bertz CT molecular complexity index is 2700. The lowest BCUT2D eigenvalue weighted by atomic mass is 10.1. The molecule has 0 bridgehead atoms. The van der Waals surface area contributed by atoms with Crippen molar-refractivity contribution < 1.29 is 0 Å². The van der Waals surface area contributed by atoms with E-state index in [2.05, 4.69) is 142 Å². The third kappa shape index (κ3) is 2.76. The summed E-state index contributed by atoms with van der Waals surface area (Å²) < 4.78 is 7.61. The van der Waals surface area contributed by atoms with Crippen molar-refractivity contribution in [2.75, 3.05) is 0 Å². The first-order valence-corrected chi connectivity index (χ1v) is 14.9. The van der Waals surface area contributed by atoms with E-state index in [4.69, 9.17) is 0 Å². The van der Waals surface area contributed by atoms with Crippen molar-refractivity contribution in [2.24, 2.45) is 0 Å². The van der Waals surface area contributed by atoms with Crippen LogP contribution in [0.3, 0.4) is 0 Å². The van der Waals surface area contributed by atoms with Crippen molar-refractivity contribution in [3.63, 3.8) is 0 Å². The molecule has 6 aromatic carbocycles. The Balaban J connectivity index is 1.40. The van der Waals surface area contributed by atoms with Gasteiger partial charge in [0, 0.05) is 42.4 Å². The molecule has 0 atom stereocenters. The number of para-hydroxylation sites is 2. The lowest BCUT2D eigenvalue weighted by Crippen LogP contribution is -1.94. The van der Waals surface area contributed by atoms with Crippen LogP contribution in [0.25, 0.3) is 85.8 Å². The molecule has 0 saturated carbocycles. The van der Waals surface area contributed by atoms with Gasteiger partial charge in [0.1, 0.15) is 0 Å². The van der Waals surface area contributed by atoms with E-state index >= 15 is 0 Å². The van der Waals surface area contributed by atoms with Gasteiger partial charge in [-0.05, 0) is 47.9 Å². The van der Waals surface area contributed by atoms with Gasteiger partial charge >= 0.3 is 0 Å². The van der Waals surface area contributed by atoms with Gasteiger partial charge in [0.25, 0.3) is 0 Å². The Morgan fingerprint density at radius 2 is 1.00 bits per heavy atom. The Morgan fingerprint density at radius 1 is 0.390 bits per heavy atom. The highest BCUT2D eigenvalue weighted by Crippen LogP contribution is 2.42. The van der Waals surface area contributed by atoms with Crippen molar-refractivity contribution in [1.82, 2.24) is 8.97 Å². The fraction of sp³-hybridized carbons (Fsp3) is 0. The molecule has 0 spiro atoms. The summed E-state index contributed by atoms with van der Waals surface area (Å²) >= 11 is 1.89. The number of pyridine rings is 1. The van der Waals surface area contributed by atoms with E-state index in [-0.39, 0.29) is 0 Å². The van der Waals surface area contributed by atoms with Crippen LogP contribution in [0.15, 0.2) is 133 Å². The van der Waals surface area contributed by atoms with Crippen molar-refractivity contribution >= 4 is 91.4 Å². The zero-order valence-electron chi connectivity index (χ0n) is 22.0. The molecule has 41 heavy (non-hydrogen) atoms. The summed E-state index contributed by atoms with van der Waals surface area (Å²) in [5.41, 5.74) is 7.47. The topological polar surface area (TPSA) is 9.34 Å². The van der Waals surface area contributed by atoms with Crippen LogP contribution in [0.2, 0.25) is 0 Å². The third-order valence-electron chi connectivity index (χ3n) is 8.86. The van der Waals surface area contributed by atoms with Gasteiger partial charge in [-0.25, -0.2) is 0 Å². The molecule has 4 heterocycles. The maximum Gasteiger partial charge on any atom is 0.0640 e. The van der Waals surface area contributed by atoms with Gasteiger partial charge in [-0.2, -0.15) is 0 Å². The van der Waals surface area contributed by atoms with Crippen molar-refractivity contribution in [1.29, 1.82) is 0 Å². The second-order valence-corrected chi connectivity index (χ2v) is 12.0. The van der Waals surface area contributed by atoms with Crippen LogP contribution in [0.5, 0.6) is 0 Å². The zero-order chi connectivity index (χ0) is 26.7. The largest absolute Gasteiger partial charge is 0.309 e. The number of hydrogen-bond donors (Lipinski definition) is 0. The molecule has 3 heteroatoms. The lowest BCUT2D eigenvalue weighted by Gasteiger charge is -2.10. The van der Waals surface area contributed by atoms with Crippen LogP contribution in [0, 0.1) is 0 Å². The van der Waals surface area contributed by atoms with E-state index in [1.807, 2.05) is 11.3 Å². The molecule has 0 aliphatic carbocycles. The van der Waals surface area contributed by atoms with Crippen molar-refractivity contribution in [3.05, 3.63) is 133 Å². The number of fused-ring (bicyclic) bond motifs is 14. The van der Waals surface area contributed by atoms with E-state index in [0.29, 0.717) is 0 Å². The minimum Gasteiger partial charge on any atom is -0.309 e. The van der Waals surface area contributed by atoms with Crippen LogP contribution in [0.1, 0.15) is 0 Å². The predicted molar refractivity (Wildman–Crippen MR) is 177 cm³/mol. The predicted octanol–water partition coefficient (Wildman–Crippen LogP) is 10.9. The van der Waals surface area contributed by atoms with E-state index < -0.39 is 0 Å². The minimum absolute atomic E-state index is 1.24. The third-order valence-corrected chi connectivity index (χ3v) is 10.1. The number of nitrogens with zero attached hydrogens (tertiary/aromatic N) is 2. The van der Waals surface area contributed by atoms with E-state index in [0.717, 1.165) is 0 Å². The molecule has 0 unspecified atom stereocenters. The van der Waals surface area contributed by atoms with Crippen LogP contribution in [0.4, 0.5) is 0 Å². The van der Waals surface area contributed by atoms with Crippen molar-refractivity contribution in [3.8, 4) is 5.69 Å². The maximum absolute atomic E-state index is 2.49. The molecule has 0 saturated heterocycles. The van der Waals surface area contributed by atoms with Crippen LogP contribution >= 0.6 is 11.3 Å².